The van der Waals surface area contributed by atoms with E-state index in [0.717, 1.165) is 5.75 Å². The van der Waals surface area contributed by atoms with Gasteiger partial charge in [-0.15, -0.1) is 0 Å². The molecule has 17 heavy (non-hydrogen) atoms. The number of aliphatic hydroxyl groups excluding tert-OH is 1. The minimum absolute atomic E-state index is 0.0206. The Morgan fingerprint density at radius 2 is 2.12 bits per heavy atom. The molecule has 0 saturated carbocycles. The van der Waals surface area contributed by atoms with Crippen LogP contribution in [0.5, 0.6) is 5.75 Å². The summed E-state index contributed by atoms with van der Waals surface area (Å²) in [7, 11) is 0. The molecule has 0 spiro atoms. The number of hydrogen-bond donors (Lipinski definition) is 2. The molecule has 0 radical (unpaired) electrons. The summed E-state index contributed by atoms with van der Waals surface area (Å²) in [5, 5.41) is 8.77. The number of amides is 1. The maximum Gasteiger partial charge on any atom is 0.242 e. The third kappa shape index (κ3) is 2.75. The lowest BCUT2D eigenvalue weighted by Gasteiger charge is -2.39. The molecule has 1 heterocycles. The highest BCUT2D eigenvalue weighted by Gasteiger charge is 2.34. The van der Waals surface area contributed by atoms with Crippen LogP contribution in [-0.2, 0) is 4.79 Å². The molecule has 1 aromatic rings. The summed E-state index contributed by atoms with van der Waals surface area (Å²) >= 11 is 0. The van der Waals surface area contributed by atoms with Crippen molar-refractivity contribution in [2.24, 2.45) is 5.73 Å². The Hall–Kier alpha value is -1.59. The van der Waals surface area contributed by atoms with Crippen molar-refractivity contribution < 1.29 is 14.6 Å². The average molecular weight is 236 g/mol. The number of nitrogens with zero attached hydrogens (tertiary/aromatic N) is 1. The zero-order valence-electron chi connectivity index (χ0n) is 9.45. The van der Waals surface area contributed by atoms with Crippen LogP contribution in [0.3, 0.4) is 0 Å². The van der Waals surface area contributed by atoms with Crippen molar-refractivity contribution in [3.8, 4) is 5.75 Å². The SMILES string of the molecule is N[C@H](CO)C(=O)N1CC(Oc2ccccc2)C1. The fraction of sp³-hybridized carbons (Fsp3) is 0.417. The van der Waals surface area contributed by atoms with Crippen molar-refractivity contribution in [2.75, 3.05) is 19.7 Å². The van der Waals surface area contributed by atoms with E-state index in [2.05, 4.69) is 0 Å². The maximum absolute atomic E-state index is 11.5. The van der Waals surface area contributed by atoms with Gasteiger partial charge in [0.1, 0.15) is 17.9 Å². The van der Waals surface area contributed by atoms with Gasteiger partial charge in [0.05, 0.1) is 19.7 Å². The van der Waals surface area contributed by atoms with Gasteiger partial charge in [0.15, 0.2) is 0 Å². The first kappa shape index (κ1) is 11.9. The second-order valence-corrected chi connectivity index (χ2v) is 4.09. The summed E-state index contributed by atoms with van der Waals surface area (Å²) in [6.45, 7) is 0.738. The normalized spacial score (nSPS) is 17.4. The quantitative estimate of drug-likeness (QED) is 0.745. The van der Waals surface area contributed by atoms with Gasteiger partial charge in [-0.05, 0) is 12.1 Å². The molecule has 2 rings (SSSR count). The highest BCUT2D eigenvalue weighted by Crippen LogP contribution is 2.17. The molecule has 5 heteroatoms. The largest absolute Gasteiger partial charge is 0.487 e. The monoisotopic (exact) mass is 236 g/mol. The minimum atomic E-state index is -0.812. The van der Waals surface area contributed by atoms with Crippen LogP contribution < -0.4 is 10.5 Å². The third-order valence-corrected chi connectivity index (χ3v) is 2.72. The summed E-state index contributed by atoms with van der Waals surface area (Å²) in [4.78, 5) is 13.1. The van der Waals surface area contributed by atoms with Gasteiger partial charge in [-0.25, -0.2) is 0 Å². The van der Waals surface area contributed by atoms with E-state index in [1.165, 1.54) is 0 Å². The van der Waals surface area contributed by atoms with Gasteiger partial charge in [-0.1, -0.05) is 18.2 Å². The number of nitrogens with two attached hydrogens (primary N) is 1. The number of rotatable bonds is 4. The highest BCUT2D eigenvalue weighted by molar-refractivity contribution is 5.82. The van der Waals surface area contributed by atoms with Crippen LogP contribution >= 0.6 is 0 Å². The van der Waals surface area contributed by atoms with Crippen LogP contribution in [0.2, 0.25) is 0 Å². The molecule has 0 aliphatic carbocycles. The molecule has 92 valence electrons. The Morgan fingerprint density at radius 1 is 1.47 bits per heavy atom. The summed E-state index contributed by atoms with van der Waals surface area (Å²) in [6.07, 6.45) is 0.0206. The molecule has 1 aliphatic rings. The lowest BCUT2D eigenvalue weighted by Crippen LogP contribution is -2.60. The zero-order chi connectivity index (χ0) is 12.3. The van der Waals surface area contributed by atoms with E-state index < -0.39 is 6.04 Å². The van der Waals surface area contributed by atoms with Crippen molar-refractivity contribution in [1.29, 1.82) is 0 Å². The molecule has 0 aromatic heterocycles. The minimum Gasteiger partial charge on any atom is -0.487 e. The van der Waals surface area contributed by atoms with Gasteiger partial charge < -0.3 is 20.5 Å². The van der Waals surface area contributed by atoms with E-state index in [1.807, 2.05) is 30.3 Å². The summed E-state index contributed by atoms with van der Waals surface area (Å²) in [5.41, 5.74) is 5.44. The zero-order valence-corrected chi connectivity index (χ0v) is 9.45. The van der Waals surface area contributed by atoms with E-state index in [4.69, 9.17) is 15.6 Å². The Morgan fingerprint density at radius 3 is 2.71 bits per heavy atom. The summed E-state index contributed by atoms with van der Waals surface area (Å²) in [5.74, 6) is 0.580. The van der Waals surface area contributed by atoms with Gasteiger partial charge in [0, 0.05) is 0 Å². The predicted molar refractivity (Wildman–Crippen MR) is 62.5 cm³/mol. The van der Waals surface area contributed by atoms with Gasteiger partial charge in [0.25, 0.3) is 0 Å². The van der Waals surface area contributed by atoms with Crippen LogP contribution in [0.1, 0.15) is 0 Å². The molecule has 1 atom stereocenters. The van der Waals surface area contributed by atoms with Gasteiger partial charge >= 0.3 is 0 Å². The fourth-order valence-corrected chi connectivity index (χ4v) is 1.70. The average Bonchev–Trinajstić information content (AvgIpc) is 2.32. The van der Waals surface area contributed by atoms with Gasteiger partial charge in [-0.3, -0.25) is 4.79 Å². The standard InChI is InChI=1S/C12H16N2O3/c13-11(8-15)12(16)14-6-10(7-14)17-9-4-2-1-3-5-9/h1-5,10-11,15H,6-8,13H2/t11-/m1/s1. The second kappa shape index (κ2) is 5.16. The fourth-order valence-electron chi connectivity index (χ4n) is 1.70. The number of carbonyl (C=O) groups is 1. The Kier molecular flexibility index (Phi) is 3.61. The van der Waals surface area contributed by atoms with Crippen LogP contribution in [0.4, 0.5) is 0 Å². The first-order chi connectivity index (χ1) is 8.20. The van der Waals surface area contributed by atoms with Gasteiger partial charge in [-0.2, -0.15) is 0 Å². The Labute approximate surface area is 99.8 Å². The number of para-hydroxylation sites is 1. The molecule has 0 bridgehead atoms. The summed E-state index contributed by atoms with van der Waals surface area (Å²) < 4.78 is 5.65. The summed E-state index contributed by atoms with van der Waals surface area (Å²) in [6, 6.07) is 8.67. The lowest BCUT2D eigenvalue weighted by atomic mass is 10.1. The molecule has 1 aliphatic heterocycles. The van der Waals surface area contributed by atoms with Crippen molar-refractivity contribution in [3.63, 3.8) is 0 Å². The van der Waals surface area contributed by atoms with E-state index in [0.29, 0.717) is 13.1 Å². The molecular weight excluding hydrogens is 220 g/mol. The molecule has 1 aromatic carbocycles. The van der Waals surface area contributed by atoms with Crippen LogP contribution in [0, 0.1) is 0 Å². The van der Waals surface area contributed by atoms with Crippen molar-refractivity contribution in [3.05, 3.63) is 30.3 Å². The van der Waals surface area contributed by atoms with Crippen molar-refractivity contribution in [1.82, 2.24) is 4.90 Å². The first-order valence-electron chi connectivity index (χ1n) is 5.57. The van der Waals surface area contributed by atoms with Crippen LogP contribution in [0.25, 0.3) is 0 Å². The molecule has 3 N–H and O–H groups in total. The number of aliphatic hydroxyl groups is 1. The molecule has 1 amide bonds. The molecule has 5 nitrogen and oxygen atoms in total. The number of benzene rings is 1. The number of ether oxygens (including phenoxy) is 1. The third-order valence-electron chi connectivity index (χ3n) is 2.72. The first-order valence-corrected chi connectivity index (χ1v) is 5.57. The molecule has 0 unspecified atom stereocenters. The van der Waals surface area contributed by atoms with E-state index in [1.54, 1.807) is 4.90 Å². The van der Waals surface area contributed by atoms with Gasteiger partial charge in [0.2, 0.25) is 5.91 Å². The lowest BCUT2D eigenvalue weighted by molar-refractivity contribution is -0.142. The van der Waals surface area contributed by atoms with Crippen molar-refractivity contribution in [2.45, 2.75) is 12.1 Å². The molecule has 1 saturated heterocycles. The number of hydrogen-bond acceptors (Lipinski definition) is 4. The maximum atomic E-state index is 11.5. The van der Waals surface area contributed by atoms with E-state index >= 15 is 0 Å². The van der Waals surface area contributed by atoms with Crippen LogP contribution in [0.15, 0.2) is 30.3 Å². The van der Waals surface area contributed by atoms with E-state index in [9.17, 15) is 4.79 Å². The second-order valence-electron chi connectivity index (χ2n) is 4.09. The predicted octanol–water partition coefficient (Wildman–Crippen LogP) is -0.404. The molecule has 1 fully saturated rings. The van der Waals surface area contributed by atoms with Crippen molar-refractivity contribution >= 4 is 5.91 Å². The smallest absolute Gasteiger partial charge is 0.242 e. The number of likely N-dealkylation sites (tertiary alicyclic amines) is 1. The molecular formula is C12H16N2O3. The Bertz CT molecular complexity index is 377. The number of carbonyl (C=O) groups excluding carboxylic acids is 1. The highest BCUT2D eigenvalue weighted by atomic mass is 16.5. The Balaban J connectivity index is 1.78. The topological polar surface area (TPSA) is 75.8 Å². The van der Waals surface area contributed by atoms with Crippen LogP contribution in [-0.4, -0.2) is 47.8 Å². The van der Waals surface area contributed by atoms with E-state index in [-0.39, 0.29) is 18.6 Å².